The fourth-order valence-corrected chi connectivity index (χ4v) is 6.03. The Morgan fingerprint density at radius 1 is 1.14 bits per heavy atom. The lowest BCUT2D eigenvalue weighted by Gasteiger charge is -2.55. The molecule has 0 radical (unpaired) electrons. The van der Waals surface area contributed by atoms with Gasteiger partial charge in [-0.1, -0.05) is 0 Å². The van der Waals surface area contributed by atoms with Crippen LogP contribution in [-0.2, 0) is 16.0 Å². The zero-order chi connectivity index (χ0) is 26.2. The number of likely N-dealkylation sites (N-methyl/N-ethyl adjacent to an activating group) is 1. The summed E-state index contributed by atoms with van der Waals surface area (Å²) in [6.45, 7) is 1.57. The molecular formula is C25H31N3O7. The normalized spacial score (nSPS) is 30.2. The lowest BCUT2D eigenvalue weighted by molar-refractivity contribution is -0.155. The van der Waals surface area contributed by atoms with Crippen LogP contribution in [0.5, 0.6) is 5.75 Å². The summed E-state index contributed by atoms with van der Waals surface area (Å²) in [5.41, 5.74) is 2.26. The zero-order valence-electron chi connectivity index (χ0n) is 20.7. The lowest BCUT2D eigenvalue weighted by Crippen LogP contribution is -2.68. The van der Waals surface area contributed by atoms with E-state index in [2.05, 4.69) is 0 Å². The molecule has 0 bridgehead atoms. The number of Topliss-reactive ketones (excluding diaryl/α,β-unsaturated/α-hetero) is 2. The number of aliphatic hydroxyl groups is 3. The molecule has 0 saturated carbocycles. The number of ketones is 2. The Bertz CT molecular complexity index is 1230. The van der Waals surface area contributed by atoms with Crippen LogP contribution >= 0.6 is 0 Å². The van der Waals surface area contributed by atoms with Crippen LogP contribution < -0.4 is 15.4 Å². The number of carbonyl (C=O) groups excluding carboxylic acids is 3. The number of hydrogen-bond donors (Lipinski definition) is 4. The molecule has 0 aromatic heterocycles. The number of amides is 1. The molecule has 3 aliphatic carbocycles. The van der Waals surface area contributed by atoms with Crippen molar-refractivity contribution in [1.82, 2.24) is 4.90 Å². The number of methoxy groups -OCH3 is 1. The van der Waals surface area contributed by atoms with Crippen molar-refractivity contribution in [3.8, 4) is 5.75 Å². The standard InChI is InChI=1S/C25H31N3O7/c1-24(28(4)5)15-10-11-9-12-13(27(2)3)7-8-14(35-6)17(12)19(29)16(11)21(31)25(15,34)22(32)18(20(24)30)23(26)33/h7-8,11,15,30-31,34H,9-10H2,1-6H3,(H2,26,33)/t11-,15-,24?,25-/m0/s1. The summed E-state index contributed by atoms with van der Waals surface area (Å²) in [5, 5.41) is 34.3. The van der Waals surface area contributed by atoms with E-state index in [9.17, 15) is 29.7 Å². The van der Waals surface area contributed by atoms with Crippen LogP contribution in [0.4, 0.5) is 5.69 Å². The van der Waals surface area contributed by atoms with E-state index in [0.29, 0.717) is 12.2 Å². The number of nitrogens with two attached hydrogens (primary N) is 1. The first kappa shape index (κ1) is 24.7. The van der Waals surface area contributed by atoms with E-state index in [-0.39, 0.29) is 17.6 Å². The number of aliphatic hydroxyl groups excluding tert-OH is 2. The first-order chi connectivity index (χ1) is 16.2. The molecule has 1 amide bonds. The largest absolute Gasteiger partial charge is 0.509 e. The van der Waals surface area contributed by atoms with Crippen molar-refractivity contribution in [2.45, 2.75) is 30.9 Å². The van der Waals surface area contributed by atoms with Crippen molar-refractivity contribution in [3.05, 3.63) is 45.9 Å². The van der Waals surface area contributed by atoms with E-state index in [0.717, 1.165) is 11.3 Å². The molecular weight excluding hydrogens is 454 g/mol. The van der Waals surface area contributed by atoms with E-state index in [1.54, 1.807) is 32.0 Å². The smallest absolute Gasteiger partial charge is 0.255 e. The topological polar surface area (TPSA) is 154 Å². The SMILES string of the molecule is COc1ccc(N(C)C)c2c1C(=O)C1=C(O)[C@]3(O)C(=O)C(C(N)=O)=C(O)C(C)(N(C)C)[C@@H]3C[C@@H]1C2. The zero-order valence-corrected chi connectivity index (χ0v) is 20.7. The van der Waals surface area contributed by atoms with Crippen molar-refractivity contribution in [3.63, 3.8) is 0 Å². The molecule has 4 atom stereocenters. The number of nitrogens with zero attached hydrogens (tertiary/aromatic N) is 2. The molecule has 188 valence electrons. The van der Waals surface area contributed by atoms with Crippen molar-refractivity contribution in [1.29, 1.82) is 0 Å². The van der Waals surface area contributed by atoms with E-state index in [4.69, 9.17) is 10.5 Å². The van der Waals surface area contributed by atoms with E-state index >= 15 is 0 Å². The molecule has 0 heterocycles. The minimum Gasteiger partial charge on any atom is -0.509 e. The molecule has 0 fully saturated rings. The predicted octanol–water partition coefficient (Wildman–Crippen LogP) is 0.880. The van der Waals surface area contributed by atoms with E-state index in [1.807, 2.05) is 25.1 Å². The average Bonchev–Trinajstić information content (AvgIpc) is 2.78. The number of ether oxygens (including phenoxy) is 1. The van der Waals surface area contributed by atoms with Gasteiger partial charge in [-0.05, 0) is 57.5 Å². The molecule has 4 rings (SSSR count). The summed E-state index contributed by atoms with van der Waals surface area (Å²) in [7, 11) is 8.39. The van der Waals surface area contributed by atoms with Crippen LogP contribution in [0.1, 0.15) is 29.3 Å². The van der Waals surface area contributed by atoms with E-state index < -0.39 is 57.5 Å². The van der Waals surface area contributed by atoms with Gasteiger partial charge in [0.25, 0.3) is 5.91 Å². The number of hydrogen-bond acceptors (Lipinski definition) is 9. The van der Waals surface area contributed by atoms with Crippen molar-refractivity contribution in [2.24, 2.45) is 17.6 Å². The second-order valence-electron chi connectivity index (χ2n) is 10.0. The summed E-state index contributed by atoms with van der Waals surface area (Å²) in [5.74, 6) is -5.70. The number of benzene rings is 1. The van der Waals surface area contributed by atoms with Crippen LogP contribution in [-0.4, -0.2) is 84.1 Å². The van der Waals surface area contributed by atoms with E-state index in [1.165, 1.54) is 7.11 Å². The van der Waals surface area contributed by atoms with Gasteiger partial charge in [0.05, 0.1) is 18.2 Å². The molecule has 5 N–H and O–H groups in total. The van der Waals surface area contributed by atoms with Gasteiger partial charge in [0.1, 0.15) is 22.8 Å². The highest BCUT2D eigenvalue weighted by molar-refractivity contribution is 6.25. The van der Waals surface area contributed by atoms with Gasteiger partial charge < -0.3 is 30.7 Å². The molecule has 0 spiro atoms. The predicted molar refractivity (Wildman–Crippen MR) is 128 cm³/mol. The van der Waals surface area contributed by atoms with Gasteiger partial charge >= 0.3 is 0 Å². The Morgan fingerprint density at radius 2 is 1.77 bits per heavy atom. The molecule has 3 aliphatic rings. The lowest BCUT2D eigenvalue weighted by atomic mass is 9.54. The van der Waals surface area contributed by atoms with Crippen LogP contribution in [0, 0.1) is 11.8 Å². The Labute approximate surface area is 203 Å². The van der Waals surface area contributed by atoms with Crippen molar-refractivity contribution >= 4 is 23.2 Å². The Morgan fingerprint density at radius 3 is 2.29 bits per heavy atom. The molecule has 10 heteroatoms. The fraction of sp³-hybridized carbons (Fsp3) is 0.480. The average molecular weight is 486 g/mol. The minimum atomic E-state index is -2.62. The highest BCUT2D eigenvalue weighted by atomic mass is 16.5. The summed E-state index contributed by atoms with van der Waals surface area (Å²) in [6, 6.07) is 3.51. The highest BCUT2D eigenvalue weighted by Gasteiger charge is 2.67. The van der Waals surface area contributed by atoms with Gasteiger partial charge in [-0.15, -0.1) is 0 Å². The maximum absolute atomic E-state index is 13.8. The first-order valence-electron chi connectivity index (χ1n) is 11.3. The van der Waals surface area contributed by atoms with Gasteiger partial charge in [0.2, 0.25) is 5.78 Å². The summed E-state index contributed by atoms with van der Waals surface area (Å²) in [4.78, 5) is 42.9. The van der Waals surface area contributed by atoms with Crippen LogP contribution in [0.15, 0.2) is 34.8 Å². The molecule has 1 aromatic carbocycles. The highest BCUT2D eigenvalue weighted by Crippen LogP contribution is 2.56. The molecule has 0 aliphatic heterocycles. The number of fused-ring (bicyclic) bond motifs is 3. The Kier molecular flexibility index (Phi) is 5.53. The summed E-state index contributed by atoms with van der Waals surface area (Å²) in [6.07, 6.45) is 0.421. The number of anilines is 1. The van der Waals surface area contributed by atoms with Gasteiger partial charge in [-0.25, -0.2) is 0 Å². The number of carbonyl (C=O) groups is 3. The quantitative estimate of drug-likeness (QED) is 0.455. The van der Waals surface area contributed by atoms with Gasteiger partial charge in [0.15, 0.2) is 11.4 Å². The maximum Gasteiger partial charge on any atom is 0.255 e. The van der Waals surface area contributed by atoms with Gasteiger partial charge in [0, 0.05) is 31.3 Å². The second kappa shape index (κ2) is 7.82. The van der Waals surface area contributed by atoms with Crippen molar-refractivity contribution in [2.75, 3.05) is 40.2 Å². The molecule has 1 unspecified atom stereocenters. The molecule has 0 saturated heterocycles. The third-order valence-corrected chi connectivity index (χ3v) is 8.07. The van der Waals surface area contributed by atoms with Gasteiger partial charge in [-0.2, -0.15) is 0 Å². The monoisotopic (exact) mass is 485 g/mol. The summed E-state index contributed by atoms with van der Waals surface area (Å²) >= 11 is 0. The number of rotatable bonds is 4. The number of allylic oxidation sites excluding steroid dienone is 1. The molecule has 1 aromatic rings. The Hall–Kier alpha value is -3.37. The second-order valence-corrected chi connectivity index (χ2v) is 10.0. The van der Waals surface area contributed by atoms with Crippen LogP contribution in [0.2, 0.25) is 0 Å². The van der Waals surface area contributed by atoms with Gasteiger partial charge in [-0.3, -0.25) is 19.3 Å². The third kappa shape index (κ3) is 2.99. The Balaban J connectivity index is 2.02. The maximum atomic E-state index is 13.8. The van der Waals surface area contributed by atoms with Crippen LogP contribution in [0.25, 0.3) is 0 Å². The van der Waals surface area contributed by atoms with Crippen LogP contribution in [0.3, 0.4) is 0 Å². The van der Waals surface area contributed by atoms with Crippen molar-refractivity contribution < 1.29 is 34.4 Å². The summed E-state index contributed by atoms with van der Waals surface area (Å²) < 4.78 is 5.43. The molecule has 10 nitrogen and oxygen atoms in total. The minimum absolute atomic E-state index is 0.0850. The fourth-order valence-electron chi connectivity index (χ4n) is 6.03. The first-order valence-corrected chi connectivity index (χ1v) is 11.3. The third-order valence-electron chi connectivity index (χ3n) is 8.07. The number of primary amides is 1. The molecule has 35 heavy (non-hydrogen) atoms.